The summed E-state index contributed by atoms with van der Waals surface area (Å²) in [5, 5.41) is 3.58. The molecule has 0 amide bonds. The molecule has 5 aromatic rings. The number of hydrogen-bond acceptors (Lipinski definition) is 5. The Morgan fingerprint density at radius 1 is 0.579 bits per heavy atom. The van der Waals surface area contributed by atoms with Gasteiger partial charge in [0.2, 0.25) is 0 Å². The molecule has 0 saturated carbocycles. The Labute approximate surface area is 222 Å². The zero-order chi connectivity index (χ0) is 26.3. The van der Waals surface area contributed by atoms with Crippen LogP contribution in [0.25, 0.3) is 11.1 Å². The Hall–Kier alpha value is -4.90. The highest BCUT2D eigenvalue weighted by molar-refractivity contribution is 5.83. The summed E-state index contributed by atoms with van der Waals surface area (Å²) in [4.78, 5) is 0. The summed E-state index contributed by atoms with van der Waals surface area (Å²) in [7, 11) is 0. The maximum Gasteiger partial charge on any atom is 0.154 e. The van der Waals surface area contributed by atoms with Crippen LogP contribution in [0.5, 0.6) is 23.0 Å². The van der Waals surface area contributed by atoms with E-state index >= 15 is 0 Å². The molecule has 188 valence electrons. The number of nitrogen functional groups attached to an aromatic ring is 2. The van der Waals surface area contributed by atoms with Crippen LogP contribution in [-0.4, -0.2) is 0 Å². The van der Waals surface area contributed by atoms with Gasteiger partial charge in [-0.1, -0.05) is 44.2 Å². The highest BCUT2D eigenvalue weighted by Crippen LogP contribution is 2.49. The quantitative estimate of drug-likeness (QED) is 0.204. The normalized spacial score (nSPS) is 12.9. The van der Waals surface area contributed by atoms with E-state index in [1.165, 1.54) is 22.3 Å². The van der Waals surface area contributed by atoms with E-state index in [1.54, 1.807) is 0 Å². The van der Waals surface area contributed by atoms with Crippen LogP contribution in [0.15, 0.2) is 109 Å². The van der Waals surface area contributed by atoms with Gasteiger partial charge in [-0.05, 0) is 95.1 Å². The van der Waals surface area contributed by atoms with Crippen LogP contribution in [0.4, 0.5) is 22.7 Å². The minimum absolute atomic E-state index is 0.0797. The van der Waals surface area contributed by atoms with Crippen molar-refractivity contribution in [1.82, 2.24) is 0 Å². The molecule has 0 saturated heterocycles. The fraction of sp³-hybridized carbons (Fsp3) is 0.0909. The lowest BCUT2D eigenvalue weighted by molar-refractivity contribution is 0.462. The van der Waals surface area contributed by atoms with Crippen LogP contribution in [0.1, 0.15) is 25.0 Å². The molecule has 0 atom stereocenters. The molecule has 0 unspecified atom stereocenters. The third-order valence-corrected chi connectivity index (χ3v) is 7.04. The van der Waals surface area contributed by atoms with E-state index in [4.69, 9.17) is 20.9 Å². The third kappa shape index (κ3) is 4.39. The second-order valence-corrected chi connectivity index (χ2v) is 10.1. The van der Waals surface area contributed by atoms with Crippen LogP contribution >= 0.6 is 0 Å². The lowest BCUT2D eigenvalue weighted by atomic mass is 9.82. The lowest BCUT2D eigenvalue weighted by Crippen LogP contribution is -2.15. The van der Waals surface area contributed by atoms with Gasteiger partial charge in [0, 0.05) is 28.5 Å². The molecule has 5 nitrogen and oxygen atoms in total. The first-order valence-electron chi connectivity index (χ1n) is 12.6. The van der Waals surface area contributed by atoms with Crippen molar-refractivity contribution in [3.63, 3.8) is 0 Å². The summed E-state index contributed by atoms with van der Waals surface area (Å²) in [6.45, 7) is 4.56. The Kier molecular flexibility index (Phi) is 5.69. The standard InChI is InChI=1S/C33H29N3O2/c1-33(2)29-6-4-3-5-27(29)28-17-11-23(19-30(28)33)36-31-18-16-26(37-24-12-7-21(34)8-13-24)20-32(31)38-25-14-9-22(35)10-15-25/h3-20,36H,34-35H2,1-2H3. The molecule has 5 heteroatoms. The van der Waals surface area contributed by atoms with Crippen LogP contribution in [-0.2, 0) is 5.41 Å². The fourth-order valence-electron chi connectivity index (χ4n) is 5.03. The van der Waals surface area contributed by atoms with E-state index in [9.17, 15) is 0 Å². The molecule has 0 spiro atoms. The average molecular weight is 500 g/mol. The maximum atomic E-state index is 6.30. The molecule has 0 bridgehead atoms. The van der Waals surface area contributed by atoms with Gasteiger partial charge in [0.25, 0.3) is 0 Å². The Morgan fingerprint density at radius 3 is 1.89 bits per heavy atom. The topological polar surface area (TPSA) is 82.5 Å². The zero-order valence-electron chi connectivity index (χ0n) is 21.4. The van der Waals surface area contributed by atoms with Crippen molar-refractivity contribution in [3.8, 4) is 34.1 Å². The van der Waals surface area contributed by atoms with Gasteiger partial charge < -0.3 is 26.3 Å². The number of fused-ring (bicyclic) bond motifs is 3. The number of nitrogens with one attached hydrogen (secondary N) is 1. The van der Waals surface area contributed by atoms with Gasteiger partial charge in [-0.3, -0.25) is 0 Å². The summed E-state index contributed by atoms with van der Waals surface area (Å²) in [5.74, 6) is 2.65. The predicted molar refractivity (Wildman–Crippen MR) is 156 cm³/mol. The molecule has 5 aromatic carbocycles. The van der Waals surface area contributed by atoms with E-state index < -0.39 is 0 Å². The summed E-state index contributed by atoms with van der Waals surface area (Å²) >= 11 is 0. The molecule has 0 aromatic heterocycles. The molecule has 0 heterocycles. The summed E-state index contributed by atoms with van der Waals surface area (Å²) in [6.07, 6.45) is 0. The summed E-state index contributed by atoms with van der Waals surface area (Å²) in [6, 6.07) is 35.6. The number of nitrogens with two attached hydrogens (primary N) is 2. The van der Waals surface area contributed by atoms with Crippen molar-refractivity contribution in [2.45, 2.75) is 19.3 Å². The van der Waals surface area contributed by atoms with Crippen molar-refractivity contribution in [1.29, 1.82) is 0 Å². The lowest BCUT2D eigenvalue weighted by Gasteiger charge is -2.22. The Bertz CT molecular complexity index is 1620. The van der Waals surface area contributed by atoms with Crippen molar-refractivity contribution in [3.05, 3.63) is 120 Å². The van der Waals surface area contributed by atoms with Crippen molar-refractivity contribution in [2.24, 2.45) is 0 Å². The summed E-state index contributed by atoms with van der Waals surface area (Å²) in [5.41, 5.74) is 20.0. The number of ether oxygens (including phenoxy) is 2. The number of rotatable bonds is 6. The van der Waals surface area contributed by atoms with Gasteiger partial charge in [0.05, 0.1) is 5.69 Å². The molecule has 0 aliphatic heterocycles. The highest BCUT2D eigenvalue weighted by atomic mass is 16.5. The molecular weight excluding hydrogens is 470 g/mol. The molecule has 1 aliphatic carbocycles. The first-order chi connectivity index (χ1) is 18.4. The first kappa shape index (κ1) is 23.5. The monoisotopic (exact) mass is 499 g/mol. The van der Waals surface area contributed by atoms with Crippen LogP contribution in [0.3, 0.4) is 0 Å². The second kappa shape index (κ2) is 9.20. The molecule has 0 fully saturated rings. The van der Waals surface area contributed by atoms with E-state index in [0.717, 1.165) is 11.4 Å². The van der Waals surface area contributed by atoms with Gasteiger partial charge >= 0.3 is 0 Å². The highest BCUT2D eigenvalue weighted by Gasteiger charge is 2.35. The van der Waals surface area contributed by atoms with E-state index in [1.807, 2.05) is 66.7 Å². The smallest absolute Gasteiger partial charge is 0.154 e. The molecule has 38 heavy (non-hydrogen) atoms. The van der Waals surface area contributed by atoms with Gasteiger partial charge in [-0.2, -0.15) is 0 Å². The number of benzene rings is 5. The van der Waals surface area contributed by atoms with Crippen molar-refractivity contribution >= 4 is 22.7 Å². The third-order valence-electron chi connectivity index (χ3n) is 7.04. The predicted octanol–water partition coefficient (Wildman–Crippen LogP) is 8.49. The van der Waals surface area contributed by atoms with E-state index in [2.05, 4.69) is 61.6 Å². The molecule has 6 rings (SSSR count). The van der Waals surface area contributed by atoms with E-state index in [0.29, 0.717) is 34.4 Å². The minimum Gasteiger partial charge on any atom is -0.457 e. The minimum atomic E-state index is -0.0797. The molecule has 0 radical (unpaired) electrons. The Balaban J connectivity index is 1.34. The molecule has 5 N–H and O–H groups in total. The Morgan fingerprint density at radius 2 is 1.18 bits per heavy atom. The SMILES string of the molecule is CC1(C)c2ccccc2-c2ccc(Nc3ccc(Oc4ccc(N)cc4)cc3Oc3ccc(N)cc3)cc21. The van der Waals surface area contributed by atoms with Gasteiger partial charge in [0.15, 0.2) is 5.75 Å². The van der Waals surface area contributed by atoms with Crippen molar-refractivity contribution in [2.75, 3.05) is 16.8 Å². The van der Waals surface area contributed by atoms with Gasteiger partial charge in [0.1, 0.15) is 17.2 Å². The zero-order valence-corrected chi connectivity index (χ0v) is 21.4. The average Bonchev–Trinajstić information content (AvgIpc) is 3.15. The van der Waals surface area contributed by atoms with Crippen LogP contribution in [0.2, 0.25) is 0 Å². The number of hydrogen-bond donors (Lipinski definition) is 3. The van der Waals surface area contributed by atoms with E-state index in [-0.39, 0.29) is 5.41 Å². The van der Waals surface area contributed by atoms with Gasteiger partial charge in [-0.25, -0.2) is 0 Å². The van der Waals surface area contributed by atoms with Gasteiger partial charge in [-0.15, -0.1) is 0 Å². The van der Waals surface area contributed by atoms with Crippen LogP contribution in [0, 0.1) is 0 Å². The largest absolute Gasteiger partial charge is 0.457 e. The molecular formula is C33H29N3O2. The summed E-state index contributed by atoms with van der Waals surface area (Å²) < 4.78 is 12.4. The van der Waals surface area contributed by atoms with Crippen molar-refractivity contribution < 1.29 is 9.47 Å². The second-order valence-electron chi connectivity index (χ2n) is 10.1. The number of anilines is 4. The maximum absolute atomic E-state index is 6.30. The van der Waals surface area contributed by atoms with Crippen LogP contribution < -0.4 is 26.3 Å². The molecule has 1 aliphatic rings. The fourth-order valence-corrected chi connectivity index (χ4v) is 5.03. The first-order valence-corrected chi connectivity index (χ1v) is 12.6.